The highest BCUT2D eigenvalue weighted by Gasteiger charge is 2.63. The standard InChI is InChI=1S/C19H21ClF2N2O/c20-14-15(21)12-7-23-24-17(12)13(16(14)22)19(25)8-18(9-19)10-3-1-4-11(18)6-2-5-10/h7,10-11,25H,1-6,8-9H2,(H,23,24). The Bertz CT molecular complexity index is 835. The van der Waals surface area contributed by atoms with Gasteiger partial charge in [0.15, 0.2) is 11.6 Å². The summed E-state index contributed by atoms with van der Waals surface area (Å²) < 4.78 is 29.1. The van der Waals surface area contributed by atoms with Gasteiger partial charge in [0.25, 0.3) is 0 Å². The van der Waals surface area contributed by atoms with Crippen LogP contribution in [-0.2, 0) is 5.60 Å². The average Bonchev–Trinajstić information content (AvgIpc) is 3.00. The molecule has 3 saturated carbocycles. The van der Waals surface area contributed by atoms with E-state index in [1.165, 1.54) is 44.7 Å². The van der Waals surface area contributed by atoms with Crippen molar-refractivity contribution in [1.29, 1.82) is 0 Å². The van der Waals surface area contributed by atoms with E-state index < -0.39 is 22.3 Å². The molecule has 2 aromatic rings. The van der Waals surface area contributed by atoms with Crippen LogP contribution in [0, 0.1) is 28.9 Å². The number of rotatable bonds is 1. The number of aromatic nitrogens is 2. The molecule has 1 heterocycles. The molecule has 0 amide bonds. The number of aromatic amines is 1. The molecule has 1 aromatic heterocycles. The Kier molecular flexibility index (Phi) is 3.31. The van der Waals surface area contributed by atoms with E-state index in [1.807, 2.05) is 0 Å². The molecule has 5 rings (SSSR count). The van der Waals surface area contributed by atoms with Crippen LogP contribution in [0.25, 0.3) is 10.9 Å². The van der Waals surface area contributed by atoms with E-state index >= 15 is 0 Å². The van der Waals surface area contributed by atoms with Crippen molar-refractivity contribution in [1.82, 2.24) is 10.2 Å². The number of nitrogens with one attached hydrogen (secondary N) is 1. The predicted molar refractivity (Wildman–Crippen MR) is 91.3 cm³/mol. The molecule has 0 atom stereocenters. The molecule has 6 heteroatoms. The summed E-state index contributed by atoms with van der Waals surface area (Å²) in [4.78, 5) is 0. The Morgan fingerprint density at radius 1 is 1.08 bits per heavy atom. The SMILES string of the molecule is OC1(c2c(F)c(Cl)c(F)c3cn[nH]c23)CC2(C1)C1CCCC2CCC1. The molecule has 134 valence electrons. The van der Waals surface area contributed by atoms with Gasteiger partial charge in [-0.25, -0.2) is 8.78 Å². The van der Waals surface area contributed by atoms with Gasteiger partial charge in [0.05, 0.1) is 22.7 Å². The van der Waals surface area contributed by atoms with Gasteiger partial charge in [-0.05, 0) is 55.8 Å². The summed E-state index contributed by atoms with van der Waals surface area (Å²) in [6, 6.07) is 0. The zero-order valence-electron chi connectivity index (χ0n) is 13.9. The molecule has 2 bridgehead atoms. The van der Waals surface area contributed by atoms with Gasteiger partial charge < -0.3 is 5.11 Å². The summed E-state index contributed by atoms with van der Waals surface area (Å²) in [5.74, 6) is -0.430. The molecule has 3 aliphatic carbocycles. The highest BCUT2D eigenvalue weighted by Crippen LogP contribution is 2.69. The molecule has 0 aliphatic heterocycles. The number of hydrogen-bond acceptors (Lipinski definition) is 2. The summed E-state index contributed by atoms with van der Waals surface area (Å²) in [5.41, 5.74) is -0.846. The minimum absolute atomic E-state index is 0.0978. The largest absolute Gasteiger partial charge is 0.385 e. The van der Waals surface area contributed by atoms with Crippen molar-refractivity contribution in [3.63, 3.8) is 0 Å². The van der Waals surface area contributed by atoms with Crippen LogP contribution in [0.3, 0.4) is 0 Å². The number of H-pyrrole nitrogens is 1. The van der Waals surface area contributed by atoms with E-state index in [-0.39, 0.29) is 21.9 Å². The second-order valence-electron chi connectivity index (χ2n) is 8.35. The van der Waals surface area contributed by atoms with Gasteiger partial charge in [0.2, 0.25) is 0 Å². The fourth-order valence-corrected chi connectivity index (χ4v) is 6.49. The lowest BCUT2D eigenvalue weighted by atomic mass is 9.41. The van der Waals surface area contributed by atoms with Crippen molar-refractivity contribution < 1.29 is 13.9 Å². The third-order valence-corrected chi connectivity index (χ3v) is 7.61. The Labute approximate surface area is 149 Å². The lowest BCUT2D eigenvalue weighted by Gasteiger charge is -2.64. The van der Waals surface area contributed by atoms with Crippen LogP contribution in [0.4, 0.5) is 8.78 Å². The number of fused-ring (bicyclic) bond motifs is 1. The van der Waals surface area contributed by atoms with Crippen molar-refractivity contribution in [2.24, 2.45) is 17.3 Å². The van der Waals surface area contributed by atoms with Crippen LogP contribution < -0.4 is 0 Å². The molecule has 0 saturated heterocycles. The van der Waals surface area contributed by atoms with Gasteiger partial charge >= 0.3 is 0 Å². The van der Waals surface area contributed by atoms with Gasteiger partial charge in [-0.3, -0.25) is 5.10 Å². The van der Waals surface area contributed by atoms with E-state index in [9.17, 15) is 13.9 Å². The molecular formula is C19H21ClF2N2O. The molecule has 0 radical (unpaired) electrons. The summed E-state index contributed by atoms with van der Waals surface area (Å²) in [6.45, 7) is 0. The third kappa shape index (κ3) is 1.97. The smallest absolute Gasteiger partial charge is 0.155 e. The molecule has 3 aliphatic rings. The van der Waals surface area contributed by atoms with E-state index in [0.717, 1.165) is 0 Å². The Hall–Kier alpha value is -1.20. The molecule has 1 aromatic carbocycles. The first-order chi connectivity index (χ1) is 12.0. The zero-order valence-corrected chi connectivity index (χ0v) is 14.7. The van der Waals surface area contributed by atoms with E-state index in [1.54, 1.807) is 0 Å². The minimum atomic E-state index is -1.29. The fraction of sp³-hybridized carbons (Fsp3) is 0.632. The van der Waals surface area contributed by atoms with Crippen molar-refractivity contribution in [3.05, 3.63) is 28.4 Å². The van der Waals surface area contributed by atoms with Gasteiger partial charge in [0, 0.05) is 5.56 Å². The number of hydrogen-bond donors (Lipinski definition) is 2. The minimum Gasteiger partial charge on any atom is -0.385 e. The second-order valence-corrected chi connectivity index (χ2v) is 8.73. The summed E-state index contributed by atoms with van der Waals surface area (Å²) in [7, 11) is 0. The lowest BCUT2D eigenvalue weighted by molar-refractivity contribution is -0.212. The van der Waals surface area contributed by atoms with Crippen molar-refractivity contribution in [3.8, 4) is 0 Å². The van der Waals surface area contributed by atoms with Gasteiger partial charge in [0.1, 0.15) is 5.02 Å². The normalized spacial score (nSPS) is 37.4. The molecule has 0 unspecified atom stereocenters. The topological polar surface area (TPSA) is 48.9 Å². The summed E-state index contributed by atoms with van der Waals surface area (Å²) in [6.07, 6.45) is 9.74. The number of benzene rings is 1. The van der Waals surface area contributed by atoms with Gasteiger partial charge in [-0.1, -0.05) is 24.4 Å². The maximum atomic E-state index is 14.9. The summed E-state index contributed by atoms with van der Waals surface area (Å²) >= 11 is 5.88. The van der Waals surface area contributed by atoms with E-state index in [4.69, 9.17) is 11.6 Å². The highest BCUT2D eigenvalue weighted by molar-refractivity contribution is 6.31. The average molecular weight is 367 g/mol. The highest BCUT2D eigenvalue weighted by atomic mass is 35.5. The third-order valence-electron chi connectivity index (χ3n) is 7.28. The molecule has 1 spiro atoms. The quantitative estimate of drug-likeness (QED) is 0.693. The monoisotopic (exact) mass is 366 g/mol. The molecule has 3 fully saturated rings. The molecule has 3 nitrogen and oxygen atoms in total. The molecule has 2 N–H and O–H groups in total. The molecule has 25 heavy (non-hydrogen) atoms. The van der Waals surface area contributed by atoms with E-state index in [2.05, 4.69) is 10.2 Å². The van der Waals surface area contributed by atoms with Gasteiger partial charge in [-0.2, -0.15) is 5.10 Å². The van der Waals surface area contributed by atoms with Crippen molar-refractivity contribution >= 4 is 22.5 Å². The second kappa shape index (κ2) is 5.17. The maximum absolute atomic E-state index is 14.9. The lowest BCUT2D eigenvalue weighted by Crippen LogP contribution is -2.60. The number of aliphatic hydroxyl groups is 1. The summed E-state index contributed by atoms with van der Waals surface area (Å²) in [5, 5.41) is 17.4. The van der Waals surface area contributed by atoms with Crippen LogP contribution in [-0.4, -0.2) is 15.3 Å². The van der Waals surface area contributed by atoms with Crippen molar-refractivity contribution in [2.45, 2.75) is 57.0 Å². The van der Waals surface area contributed by atoms with E-state index in [0.29, 0.717) is 24.7 Å². The first kappa shape index (κ1) is 16.0. The zero-order chi connectivity index (χ0) is 17.4. The Morgan fingerprint density at radius 3 is 2.28 bits per heavy atom. The first-order valence-corrected chi connectivity index (χ1v) is 9.56. The fourth-order valence-electron chi connectivity index (χ4n) is 6.30. The number of nitrogens with zero attached hydrogens (tertiary/aromatic N) is 1. The van der Waals surface area contributed by atoms with Crippen molar-refractivity contribution in [2.75, 3.05) is 0 Å². The Morgan fingerprint density at radius 2 is 1.68 bits per heavy atom. The maximum Gasteiger partial charge on any atom is 0.155 e. The van der Waals surface area contributed by atoms with Crippen LogP contribution in [0.2, 0.25) is 5.02 Å². The Balaban J connectivity index is 1.60. The predicted octanol–water partition coefficient (Wildman–Crippen LogP) is 5.06. The van der Waals surface area contributed by atoms with Crippen LogP contribution >= 0.6 is 11.6 Å². The van der Waals surface area contributed by atoms with Crippen LogP contribution in [0.1, 0.15) is 56.9 Å². The first-order valence-electron chi connectivity index (χ1n) is 9.19. The van der Waals surface area contributed by atoms with Crippen LogP contribution in [0.5, 0.6) is 0 Å². The molecular weight excluding hydrogens is 346 g/mol. The van der Waals surface area contributed by atoms with Gasteiger partial charge in [-0.15, -0.1) is 0 Å². The number of halogens is 3. The van der Waals surface area contributed by atoms with Crippen LogP contribution in [0.15, 0.2) is 6.20 Å².